The average Bonchev–Trinajstić information content (AvgIpc) is 2.27. The van der Waals surface area contributed by atoms with E-state index in [0.29, 0.717) is 5.56 Å². The molecule has 104 valence electrons. The van der Waals surface area contributed by atoms with Gasteiger partial charge in [0.2, 0.25) is 5.91 Å². The summed E-state index contributed by atoms with van der Waals surface area (Å²) in [6.45, 7) is 5.27. The lowest BCUT2D eigenvalue weighted by atomic mass is 9.86. The van der Waals surface area contributed by atoms with E-state index < -0.39 is 17.4 Å². The number of rotatable bonds is 4. The molecule has 0 aliphatic rings. The molecule has 0 unspecified atom stereocenters. The molecule has 0 saturated carbocycles. The van der Waals surface area contributed by atoms with Crippen molar-refractivity contribution in [3.05, 3.63) is 29.8 Å². The molecular formula is C14H19NO4. The van der Waals surface area contributed by atoms with E-state index in [-0.39, 0.29) is 18.1 Å². The zero-order valence-electron chi connectivity index (χ0n) is 11.3. The van der Waals surface area contributed by atoms with Crippen molar-refractivity contribution in [3.8, 4) is 5.75 Å². The number of phenols is 1. The smallest absolute Gasteiger partial charge is 0.326 e. The molecule has 0 spiro atoms. The lowest BCUT2D eigenvalue weighted by Gasteiger charge is -2.27. The molecule has 0 fully saturated rings. The zero-order chi connectivity index (χ0) is 14.6. The van der Waals surface area contributed by atoms with E-state index in [2.05, 4.69) is 5.32 Å². The van der Waals surface area contributed by atoms with Gasteiger partial charge in [0.1, 0.15) is 11.8 Å². The van der Waals surface area contributed by atoms with Crippen molar-refractivity contribution >= 4 is 11.9 Å². The van der Waals surface area contributed by atoms with Gasteiger partial charge in [0, 0.05) is 0 Å². The van der Waals surface area contributed by atoms with Gasteiger partial charge in [-0.15, -0.1) is 0 Å². The molecule has 5 nitrogen and oxygen atoms in total. The summed E-state index contributed by atoms with van der Waals surface area (Å²) in [7, 11) is 0. The van der Waals surface area contributed by atoms with Gasteiger partial charge in [0.05, 0.1) is 6.42 Å². The Morgan fingerprint density at radius 1 is 1.21 bits per heavy atom. The van der Waals surface area contributed by atoms with Crippen LogP contribution in [-0.4, -0.2) is 28.1 Å². The van der Waals surface area contributed by atoms with Gasteiger partial charge in [-0.2, -0.15) is 0 Å². The number of carbonyl (C=O) groups excluding carboxylic acids is 1. The minimum absolute atomic E-state index is 0.0835. The van der Waals surface area contributed by atoms with E-state index in [1.807, 2.05) is 0 Å². The quantitative estimate of drug-likeness (QED) is 0.771. The van der Waals surface area contributed by atoms with Crippen molar-refractivity contribution in [3.63, 3.8) is 0 Å². The molecule has 0 aromatic heterocycles. The van der Waals surface area contributed by atoms with Gasteiger partial charge in [-0.05, 0) is 23.1 Å². The molecule has 3 N–H and O–H groups in total. The van der Waals surface area contributed by atoms with Crippen molar-refractivity contribution in [2.24, 2.45) is 5.41 Å². The number of nitrogens with one attached hydrogen (secondary N) is 1. The number of carboxylic acids is 1. The highest BCUT2D eigenvalue weighted by atomic mass is 16.4. The molecule has 1 rings (SSSR count). The summed E-state index contributed by atoms with van der Waals surface area (Å²) in [4.78, 5) is 23.0. The second-order valence-electron chi connectivity index (χ2n) is 5.55. The second-order valence-corrected chi connectivity index (χ2v) is 5.55. The van der Waals surface area contributed by atoms with Gasteiger partial charge >= 0.3 is 5.97 Å². The van der Waals surface area contributed by atoms with E-state index in [1.54, 1.807) is 32.9 Å². The van der Waals surface area contributed by atoms with Gasteiger partial charge in [-0.25, -0.2) is 4.79 Å². The highest BCUT2D eigenvalue weighted by Gasteiger charge is 2.32. The second kappa shape index (κ2) is 5.73. The molecule has 1 aromatic rings. The summed E-state index contributed by atoms with van der Waals surface area (Å²) >= 11 is 0. The van der Waals surface area contributed by atoms with Crippen LogP contribution >= 0.6 is 0 Å². The summed E-state index contributed by atoms with van der Waals surface area (Å²) in [5, 5.41) is 20.8. The standard InChI is InChI=1S/C14H19NO4/c1-14(2,3)12(13(18)19)15-11(17)8-9-4-6-10(16)7-5-9/h4-7,12,16H,8H2,1-3H3,(H,15,17)(H,18,19)/t12-/m0/s1. The normalized spacial score (nSPS) is 12.8. The molecule has 0 saturated heterocycles. The molecule has 5 heteroatoms. The Balaban J connectivity index is 2.68. The first kappa shape index (κ1) is 15.0. The first-order valence-corrected chi connectivity index (χ1v) is 6.00. The number of hydrogen-bond acceptors (Lipinski definition) is 3. The topological polar surface area (TPSA) is 86.6 Å². The van der Waals surface area contributed by atoms with Gasteiger partial charge in [-0.1, -0.05) is 32.9 Å². The summed E-state index contributed by atoms with van der Waals surface area (Å²) in [6, 6.07) is 5.29. The van der Waals surface area contributed by atoms with Crippen LogP contribution in [-0.2, 0) is 16.0 Å². The van der Waals surface area contributed by atoms with Crippen LogP contribution in [0.3, 0.4) is 0 Å². The maximum atomic E-state index is 11.8. The van der Waals surface area contributed by atoms with Crippen molar-refractivity contribution in [2.45, 2.75) is 33.2 Å². The number of phenolic OH excluding ortho intramolecular Hbond substituents is 1. The summed E-state index contributed by atoms with van der Waals surface area (Å²) < 4.78 is 0. The molecule has 1 amide bonds. The molecule has 0 radical (unpaired) electrons. The van der Waals surface area contributed by atoms with E-state index >= 15 is 0 Å². The molecular weight excluding hydrogens is 246 g/mol. The van der Waals surface area contributed by atoms with E-state index in [4.69, 9.17) is 10.2 Å². The van der Waals surface area contributed by atoms with Crippen LogP contribution in [0, 0.1) is 5.41 Å². The van der Waals surface area contributed by atoms with Gasteiger partial charge in [0.15, 0.2) is 0 Å². The fraction of sp³-hybridized carbons (Fsp3) is 0.429. The fourth-order valence-electron chi connectivity index (χ4n) is 1.66. The Morgan fingerprint density at radius 2 is 1.74 bits per heavy atom. The van der Waals surface area contributed by atoms with Gasteiger partial charge < -0.3 is 15.5 Å². The number of aliphatic carboxylic acids is 1. The largest absolute Gasteiger partial charge is 0.508 e. The van der Waals surface area contributed by atoms with Crippen molar-refractivity contribution in [2.75, 3.05) is 0 Å². The Bertz CT molecular complexity index is 459. The summed E-state index contributed by atoms with van der Waals surface area (Å²) in [6.07, 6.45) is 0.0835. The van der Waals surface area contributed by atoms with E-state index in [0.717, 1.165) is 0 Å². The third kappa shape index (κ3) is 4.62. The molecule has 1 aromatic carbocycles. The highest BCUT2D eigenvalue weighted by molar-refractivity contribution is 5.85. The maximum Gasteiger partial charge on any atom is 0.326 e. The fourth-order valence-corrected chi connectivity index (χ4v) is 1.66. The SMILES string of the molecule is CC(C)(C)[C@@H](NC(=O)Cc1ccc(O)cc1)C(=O)O. The van der Waals surface area contributed by atoms with Crippen LogP contribution in [0.1, 0.15) is 26.3 Å². The van der Waals surface area contributed by atoms with Gasteiger partial charge in [-0.3, -0.25) is 4.79 Å². The minimum Gasteiger partial charge on any atom is -0.508 e. The van der Waals surface area contributed by atoms with Crippen molar-refractivity contribution in [1.29, 1.82) is 0 Å². The van der Waals surface area contributed by atoms with Crippen LogP contribution < -0.4 is 5.32 Å². The predicted octanol–water partition coefficient (Wildman–Crippen LogP) is 1.55. The molecule has 0 heterocycles. The molecule has 0 aliphatic heterocycles. The van der Waals surface area contributed by atoms with Crippen LogP contribution in [0.2, 0.25) is 0 Å². The summed E-state index contributed by atoms with van der Waals surface area (Å²) in [5.74, 6) is -1.28. The molecule has 19 heavy (non-hydrogen) atoms. The minimum atomic E-state index is -1.05. The molecule has 0 bridgehead atoms. The number of aromatic hydroxyl groups is 1. The maximum absolute atomic E-state index is 11.8. The number of benzene rings is 1. The number of hydrogen-bond donors (Lipinski definition) is 3. The number of carboxylic acid groups (broad SMARTS) is 1. The zero-order valence-corrected chi connectivity index (χ0v) is 11.3. The third-order valence-electron chi connectivity index (χ3n) is 2.72. The highest BCUT2D eigenvalue weighted by Crippen LogP contribution is 2.19. The van der Waals surface area contributed by atoms with Crippen LogP contribution in [0.15, 0.2) is 24.3 Å². The number of carbonyl (C=O) groups is 2. The third-order valence-corrected chi connectivity index (χ3v) is 2.72. The van der Waals surface area contributed by atoms with Crippen LogP contribution in [0.4, 0.5) is 0 Å². The Labute approximate surface area is 112 Å². The Morgan fingerprint density at radius 3 is 2.16 bits per heavy atom. The van der Waals surface area contributed by atoms with Crippen molar-refractivity contribution < 1.29 is 19.8 Å². The van der Waals surface area contributed by atoms with Crippen molar-refractivity contribution in [1.82, 2.24) is 5.32 Å². The Hall–Kier alpha value is -2.04. The molecule has 0 aliphatic carbocycles. The van der Waals surface area contributed by atoms with Crippen LogP contribution in [0.5, 0.6) is 5.75 Å². The van der Waals surface area contributed by atoms with Gasteiger partial charge in [0.25, 0.3) is 0 Å². The monoisotopic (exact) mass is 265 g/mol. The number of amides is 1. The first-order valence-electron chi connectivity index (χ1n) is 6.00. The molecule has 1 atom stereocenters. The van der Waals surface area contributed by atoms with Crippen LogP contribution in [0.25, 0.3) is 0 Å². The predicted molar refractivity (Wildman–Crippen MR) is 70.8 cm³/mol. The summed E-state index contributed by atoms with van der Waals surface area (Å²) in [5.41, 5.74) is 0.157. The van der Waals surface area contributed by atoms with E-state index in [1.165, 1.54) is 12.1 Å². The van der Waals surface area contributed by atoms with E-state index in [9.17, 15) is 9.59 Å². The Kier molecular flexibility index (Phi) is 4.53. The average molecular weight is 265 g/mol. The lowest BCUT2D eigenvalue weighted by molar-refractivity contribution is -0.144. The first-order chi connectivity index (χ1) is 8.70. The lowest BCUT2D eigenvalue weighted by Crippen LogP contribution is -2.49.